The quantitative estimate of drug-likeness (QED) is 0.549. The van der Waals surface area contributed by atoms with E-state index in [0.717, 1.165) is 6.42 Å². The van der Waals surface area contributed by atoms with Gasteiger partial charge in [-0.1, -0.05) is 58.4 Å². The van der Waals surface area contributed by atoms with E-state index < -0.39 is 17.6 Å². The Morgan fingerprint density at radius 2 is 1.56 bits per heavy atom. The highest BCUT2D eigenvalue weighted by Crippen LogP contribution is 2.39. The summed E-state index contributed by atoms with van der Waals surface area (Å²) in [4.78, 5) is 29.5. The van der Waals surface area contributed by atoms with Crippen LogP contribution in [-0.2, 0) is 9.53 Å². The Morgan fingerprint density at radius 1 is 1.00 bits per heavy atom. The molecule has 0 aliphatic carbocycles. The van der Waals surface area contributed by atoms with Gasteiger partial charge in [-0.3, -0.25) is 4.79 Å². The van der Waals surface area contributed by atoms with Crippen LogP contribution in [-0.4, -0.2) is 64.8 Å². The van der Waals surface area contributed by atoms with Crippen LogP contribution in [0.1, 0.15) is 79.7 Å². The molecule has 1 N–H and O–H groups in total. The molecule has 0 bridgehead atoms. The van der Waals surface area contributed by atoms with Gasteiger partial charge in [0.15, 0.2) is 0 Å². The summed E-state index contributed by atoms with van der Waals surface area (Å²) in [5.74, 6) is -0.851. The van der Waals surface area contributed by atoms with Crippen molar-refractivity contribution in [2.75, 3.05) is 26.2 Å². The molecule has 2 unspecified atom stereocenters. The molecule has 1 aromatic rings. The third-order valence-corrected chi connectivity index (χ3v) is 6.11. The highest BCUT2D eigenvalue weighted by molar-refractivity contribution is 6.30. The second-order valence-corrected chi connectivity index (χ2v) is 12.9. The predicted molar refractivity (Wildman–Crippen MR) is 137 cm³/mol. The first kappa shape index (κ1) is 28.4. The summed E-state index contributed by atoms with van der Waals surface area (Å²) in [5, 5.41) is 11.9. The van der Waals surface area contributed by atoms with Crippen molar-refractivity contribution in [1.29, 1.82) is 0 Å². The summed E-state index contributed by atoms with van der Waals surface area (Å²) in [7, 11) is 0. The molecule has 6 nitrogen and oxygen atoms in total. The van der Waals surface area contributed by atoms with Crippen LogP contribution in [0.5, 0.6) is 0 Å². The Bertz CT molecular complexity index is 849. The molecule has 0 saturated carbocycles. The molecular formula is C27H43ClN2O4. The second-order valence-electron chi connectivity index (χ2n) is 12.5. The van der Waals surface area contributed by atoms with Crippen LogP contribution < -0.4 is 0 Å². The van der Waals surface area contributed by atoms with Gasteiger partial charge in [0.05, 0.1) is 12.0 Å². The number of aliphatic hydroxyl groups is 1. The Morgan fingerprint density at radius 3 is 2.06 bits per heavy atom. The van der Waals surface area contributed by atoms with Crippen molar-refractivity contribution in [3.05, 3.63) is 34.9 Å². The van der Waals surface area contributed by atoms with Gasteiger partial charge in [0.2, 0.25) is 5.91 Å². The smallest absolute Gasteiger partial charge is 0.410 e. The SMILES string of the molecule is CC(C)(C)CC(C)(C)CC(O)C(C(=O)N1CCN(C(=O)OC(C)(C)C)CC1)c1cccc(Cl)c1. The fourth-order valence-corrected chi connectivity index (χ4v) is 5.25. The van der Waals surface area contributed by atoms with E-state index in [-0.39, 0.29) is 22.8 Å². The highest BCUT2D eigenvalue weighted by Gasteiger charge is 2.38. The number of nitrogens with zero attached hydrogens (tertiary/aromatic N) is 2. The molecule has 2 rings (SSSR count). The number of halogens is 1. The Hall–Kier alpha value is -1.79. The summed E-state index contributed by atoms with van der Waals surface area (Å²) in [5.41, 5.74) is 0.109. The van der Waals surface area contributed by atoms with Gasteiger partial charge in [0, 0.05) is 31.2 Å². The molecule has 34 heavy (non-hydrogen) atoms. The second kappa shape index (κ2) is 10.9. The largest absolute Gasteiger partial charge is 0.444 e. The Kier molecular flexibility index (Phi) is 9.09. The number of carbonyl (C=O) groups excluding carboxylic acids is 2. The molecule has 0 spiro atoms. The average Bonchev–Trinajstić information content (AvgIpc) is 2.64. The van der Waals surface area contributed by atoms with E-state index in [1.165, 1.54) is 0 Å². The Balaban J connectivity index is 2.19. The lowest BCUT2D eigenvalue weighted by atomic mass is 9.71. The molecule has 2 amide bonds. The maximum atomic E-state index is 13.7. The number of amides is 2. The average molecular weight is 495 g/mol. The molecule has 7 heteroatoms. The normalized spacial score (nSPS) is 17.4. The minimum absolute atomic E-state index is 0.108. The van der Waals surface area contributed by atoms with Crippen molar-refractivity contribution in [2.45, 2.75) is 85.9 Å². The summed E-state index contributed by atoms with van der Waals surface area (Å²) in [6, 6.07) is 7.19. The van der Waals surface area contributed by atoms with Gasteiger partial charge in [0.1, 0.15) is 5.60 Å². The zero-order valence-electron chi connectivity index (χ0n) is 22.2. The fraction of sp³-hybridized carbons (Fsp3) is 0.704. The molecule has 0 radical (unpaired) electrons. The van der Waals surface area contributed by atoms with Gasteiger partial charge < -0.3 is 19.6 Å². The van der Waals surface area contributed by atoms with Gasteiger partial charge in [0.25, 0.3) is 0 Å². The van der Waals surface area contributed by atoms with Crippen LogP contribution >= 0.6 is 11.6 Å². The van der Waals surface area contributed by atoms with Crippen molar-refractivity contribution in [3.63, 3.8) is 0 Å². The first-order valence-corrected chi connectivity index (χ1v) is 12.6. The highest BCUT2D eigenvalue weighted by atomic mass is 35.5. The van der Waals surface area contributed by atoms with Crippen molar-refractivity contribution < 1.29 is 19.4 Å². The van der Waals surface area contributed by atoms with Crippen LogP contribution in [0.3, 0.4) is 0 Å². The number of ether oxygens (including phenoxy) is 1. The third kappa shape index (κ3) is 8.77. The van der Waals surface area contributed by atoms with E-state index >= 15 is 0 Å². The van der Waals surface area contributed by atoms with Crippen LogP contribution in [0, 0.1) is 10.8 Å². The lowest BCUT2D eigenvalue weighted by Gasteiger charge is -2.39. The van der Waals surface area contributed by atoms with Crippen molar-refractivity contribution in [1.82, 2.24) is 9.80 Å². The molecule has 1 fully saturated rings. The third-order valence-electron chi connectivity index (χ3n) is 5.87. The van der Waals surface area contributed by atoms with Crippen molar-refractivity contribution in [3.8, 4) is 0 Å². The predicted octanol–water partition coefficient (Wildman–Crippen LogP) is 5.72. The molecule has 0 aromatic heterocycles. The molecule has 1 aromatic carbocycles. The summed E-state index contributed by atoms with van der Waals surface area (Å²) in [6.07, 6.45) is 0.190. The lowest BCUT2D eigenvalue weighted by molar-refractivity contribution is -0.137. The van der Waals surface area contributed by atoms with E-state index in [1.54, 1.807) is 21.9 Å². The van der Waals surface area contributed by atoms with Crippen LogP contribution in [0.2, 0.25) is 5.02 Å². The number of benzene rings is 1. The van der Waals surface area contributed by atoms with Gasteiger partial charge in [-0.05, 0) is 62.1 Å². The van der Waals surface area contributed by atoms with Crippen LogP contribution in [0.4, 0.5) is 4.79 Å². The van der Waals surface area contributed by atoms with Gasteiger partial charge in [-0.2, -0.15) is 0 Å². The van der Waals surface area contributed by atoms with E-state index in [9.17, 15) is 14.7 Å². The lowest BCUT2D eigenvalue weighted by Crippen LogP contribution is -2.53. The number of rotatable bonds is 6. The minimum Gasteiger partial charge on any atom is -0.444 e. The molecule has 1 saturated heterocycles. The monoisotopic (exact) mass is 494 g/mol. The van der Waals surface area contributed by atoms with Crippen molar-refractivity contribution >= 4 is 23.6 Å². The number of hydrogen-bond acceptors (Lipinski definition) is 4. The van der Waals surface area contributed by atoms with E-state index in [1.807, 2.05) is 32.9 Å². The Labute approximate surface area is 210 Å². The standard InChI is InChI=1S/C27H43ClN2O4/c1-25(2,3)18-27(7,8)17-21(31)22(19-10-9-11-20(28)16-19)23(32)29-12-14-30(15-13-29)24(33)34-26(4,5)6/h9-11,16,21-22,31H,12-15,17-18H2,1-8H3. The summed E-state index contributed by atoms with van der Waals surface area (Å²) >= 11 is 6.25. The molecule has 1 aliphatic heterocycles. The molecular weight excluding hydrogens is 452 g/mol. The van der Waals surface area contributed by atoms with Crippen molar-refractivity contribution in [2.24, 2.45) is 10.8 Å². The molecule has 2 atom stereocenters. The number of hydrogen-bond donors (Lipinski definition) is 1. The van der Waals surface area contributed by atoms with Gasteiger partial charge in [-0.25, -0.2) is 4.79 Å². The van der Waals surface area contributed by atoms with E-state index in [4.69, 9.17) is 16.3 Å². The number of aliphatic hydroxyl groups excluding tert-OH is 1. The first-order chi connectivity index (χ1) is 15.5. The molecule has 1 heterocycles. The number of piperazine rings is 1. The summed E-state index contributed by atoms with van der Waals surface area (Å²) < 4.78 is 5.46. The zero-order chi connectivity index (χ0) is 25.9. The topological polar surface area (TPSA) is 70.1 Å². The molecule has 1 aliphatic rings. The van der Waals surface area contributed by atoms with E-state index in [2.05, 4.69) is 34.6 Å². The minimum atomic E-state index is -0.854. The fourth-order valence-electron chi connectivity index (χ4n) is 5.05. The van der Waals surface area contributed by atoms with Gasteiger partial charge >= 0.3 is 6.09 Å². The van der Waals surface area contributed by atoms with Crippen LogP contribution in [0.25, 0.3) is 0 Å². The maximum Gasteiger partial charge on any atom is 0.410 e. The summed E-state index contributed by atoms with van der Waals surface area (Å²) in [6.45, 7) is 17.9. The zero-order valence-corrected chi connectivity index (χ0v) is 22.9. The number of carbonyl (C=O) groups is 2. The first-order valence-electron chi connectivity index (χ1n) is 12.2. The van der Waals surface area contributed by atoms with Crippen LogP contribution in [0.15, 0.2) is 24.3 Å². The van der Waals surface area contributed by atoms with Gasteiger partial charge in [-0.15, -0.1) is 0 Å². The van der Waals surface area contributed by atoms with E-state index in [0.29, 0.717) is 43.2 Å². The molecule has 192 valence electrons. The maximum absolute atomic E-state index is 13.7.